The van der Waals surface area contributed by atoms with Gasteiger partial charge in [0, 0.05) is 29.7 Å². The summed E-state index contributed by atoms with van der Waals surface area (Å²) in [4.78, 5) is 14.2. The number of halogens is 1. The summed E-state index contributed by atoms with van der Waals surface area (Å²) < 4.78 is 2.49. The molecule has 0 aliphatic heterocycles. The number of phenols is 1. The van der Waals surface area contributed by atoms with Crippen LogP contribution in [0.15, 0.2) is 40.9 Å². The van der Waals surface area contributed by atoms with Crippen LogP contribution < -0.4 is 5.32 Å². The van der Waals surface area contributed by atoms with Crippen molar-refractivity contribution in [1.29, 1.82) is 0 Å². The van der Waals surface area contributed by atoms with Gasteiger partial charge in [0.05, 0.1) is 21.2 Å². The number of aromatic nitrogens is 1. The van der Waals surface area contributed by atoms with Gasteiger partial charge in [-0.1, -0.05) is 18.2 Å². The summed E-state index contributed by atoms with van der Waals surface area (Å²) in [6, 6.07) is 11.4. The molecular weight excluding hydrogens is 410 g/mol. The van der Waals surface area contributed by atoms with E-state index in [4.69, 9.17) is 0 Å². The second-order valence-corrected chi connectivity index (χ2v) is 7.50. The normalized spacial score (nSPS) is 11.4. The quantitative estimate of drug-likeness (QED) is 0.555. The highest BCUT2D eigenvalue weighted by atomic mass is 79.9. The first-order valence-electron chi connectivity index (χ1n) is 8.52. The Morgan fingerprint density at radius 1 is 1.26 bits per heavy atom. The number of rotatable bonds is 6. The molecule has 1 aromatic heterocycles. The SMILES string of the molecule is CNCc1c(O)c(Br)cc2c1c(C(=O)O)c(CN(C)C)n2-c1ccccc1. The molecule has 0 saturated heterocycles. The highest BCUT2D eigenvalue weighted by molar-refractivity contribution is 9.10. The topological polar surface area (TPSA) is 77.7 Å². The average Bonchev–Trinajstić information content (AvgIpc) is 2.92. The second-order valence-electron chi connectivity index (χ2n) is 6.65. The van der Waals surface area contributed by atoms with Gasteiger partial charge in [-0.3, -0.25) is 0 Å². The zero-order valence-electron chi connectivity index (χ0n) is 15.5. The predicted octanol–water partition coefficient (Wildman–Crippen LogP) is 3.58. The third-order valence-electron chi connectivity index (χ3n) is 4.43. The number of carboxylic acids is 1. The maximum absolute atomic E-state index is 12.3. The lowest BCUT2D eigenvalue weighted by atomic mass is 10.0. The summed E-state index contributed by atoms with van der Waals surface area (Å²) in [5.74, 6) is -0.952. The smallest absolute Gasteiger partial charge is 0.338 e. The van der Waals surface area contributed by atoms with Crippen LogP contribution in [-0.2, 0) is 13.1 Å². The Kier molecular flexibility index (Phi) is 5.55. The molecule has 0 aliphatic rings. The summed E-state index contributed by atoms with van der Waals surface area (Å²) in [6.07, 6.45) is 0. The van der Waals surface area contributed by atoms with Gasteiger partial charge in [0.2, 0.25) is 0 Å². The number of hydrogen-bond acceptors (Lipinski definition) is 4. The number of aromatic hydroxyl groups is 1. The molecule has 0 radical (unpaired) electrons. The number of benzene rings is 2. The first-order valence-corrected chi connectivity index (χ1v) is 9.31. The van der Waals surface area contributed by atoms with Crippen LogP contribution in [0.1, 0.15) is 21.6 Å². The first-order chi connectivity index (χ1) is 12.9. The Hall–Kier alpha value is -2.35. The van der Waals surface area contributed by atoms with E-state index in [1.54, 1.807) is 13.1 Å². The van der Waals surface area contributed by atoms with Crippen molar-refractivity contribution in [2.45, 2.75) is 13.1 Å². The van der Waals surface area contributed by atoms with Gasteiger partial charge in [-0.15, -0.1) is 0 Å². The largest absolute Gasteiger partial charge is 0.506 e. The second kappa shape index (κ2) is 7.72. The summed E-state index contributed by atoms with van der Waals surface area (Å²) in [7, 11) is 5.57. The van der Waals surface area contributed by atoms with E-state index in [0.29, 0.717) is 34.2 Å². The van der Waals surface area contributed by atoms with Crippen LogP contribution >= 0.6 is 15.9 Å². The van der Waals surface area contributed by atoms with E-state index < -0.39 is 5.97 Å². The van der Waals surface area contributed by atoms with Crippen LogP contribution in [0.4, 0.5) is 0 Å². The molecule has 142 valence electrons. The minimum Gasteiger partial charge on any atom is -0.506 e. The van der Waals surface area contributed by atoms with Crippen molar-refractivity contribution < 1.29 is 15.0 Å². The van der Waals surface area contributed by atoms with E-state index in [9.17, 15) is 15.0 Å². The summed E-state index contributed by atoms with van der Waals surface area (Å²) in [5.41, 5.74) is 3.07. The van der Waals surface area contributed by atoms with E-state index in [1.165, 1.54) is 0 Å². The lowest BCUT2D eigenvalue weighted by Gasteiger charge is -2.15. The fourth-order valence-electron chi connectivity index (χ4n) is 3.44. The van der Waals surface area contributed by atoms with Gasteiger partial charge < -0.3 is 25.0 Å². The van der Waals surface area contributed by atoms with E-state index in [0.717, 1.165) is 11.2 Å². The zero-order chi connectivity index (χ0) is 19.7. The van der Waals surface area contributed by atoms with Crippen LogP contribution in [0.5, 0.6) is 5.75 Å². The highest BCUT2D eigenvalue weighted by Gasteiger charge is 2.27. The Morgan fingerprint density at radius 3 is 2.48 bits per heavy atom. The number of nitrogens with zero attached hydrogens (tertiary/aromatic N) is 2. The molecule has 6 nitrogen and oxygen atoms in total. The number of carboxylic acid groups (broad SMARTS) is 1. The molecule has 3 rings (SSSR count). The Morgan fingerprint density at radius 2 is 1.93 bits per heavy atom. The lowest BCUT2D eigenvalue weighted by Crippen LogP contribution is -2.17. The fourth-order valence-corrected chi connectivity index (χ4v) is 3.89. The van der Waals surface area contributed by atoms with Gasteiger partial charge in [-0.05, 0) is 55.3 Å². The van der Waals surface area contributed by atoms with Crippen LogP contribution in [0.2, 0.25) is 0 Å². The molecule has 0 spiro atoms. The molecule has 3 aromatic rings. The van der Waals surface area contributed by atoms with Crippen LogP contribution in [0.3, 0.4) is 0 Å². The number of phenolic OH excluding ortho intramolecular Hbond substituents is 1. The number of hydrogen-bond donors (Lipinski definition) is 3. The van der Waals surface area contributed by atoms with Gasteiger partial charge in [0.15, 0.2) is 0 Å². The fraction of sp³-hybridized carbons (Fsp3) is 0.250. The molecule has 0 aliphatic carbocycles. The van der Waals surface area contributed by atoms with Crippen molar-refractivity contribution in [3.8, 4) is 11.4 Å². The van der Waals surface area contributed by atoms with Crippen molar-refractivity contribution in [3.05, 3.63) is 57.7 Å². The van der Waals surface area contributed by atoms with Crippen molar-refractivity contribution in [2.75, 3.05) is 21.1 Å². The summed E-state index contributed by atoms with van der Waals surface area (Å²) in [5, 5.41) is 24.2. The van der Waals surface area contributed by atoms with Crippen molar-refractivity contribution in [3.63, 3.8) is 0 Å². The minimum absolute atomic E-state index is 0.0564. The first kappa shape index (κ1) is 19.4. The van der Waals surface area contributed by atoms with E-state index in [1.807, 2.05) is 53.9 Å². The molecule has 7 heteroatoms. The van der Waals surface area contributed by atoms with Gasteiger partial charge in [-0.25, -0.2) is 4.79 Å². The number of para-hydroxylation sites is 1. The van der Waals surface area contributed by atoms with Gasteiger partial charge in [0.25, 0.3) is 0 Å². The molecule has 1 heterocycles. The van der Waals surface area contributed by atoms with Crippen LogP contribution in [-0.4, -0.2) is 46.8 Å². The van der Waals surface area contributed by atoms with Crippen molar-refractivity contribution >= 4 is 32.8 Å². The van der Waals surface area contributed by atoms with Crippen molar-refractivity contribution in [1.82, 2.24) is 14.8 Å². The van der Waals surface area contributed by atoms with Gasteiger partial charge in [0.1, 0.15) is 5.75 Å². The standard InChI is InChI=1S/C20H22BrN3O3/c1-22-10-13-17-15(9-14(21)19(13)25)24(12-7-5-4-6-8-12)16(11-23(2)3)18(17)20(26)27/h4-9,22,25H,10-11H2,1-3H3,(H,26,27). The van der Waals surface area contributed by atoms with E-state index in [2.05, 4.69) is 21.2 Å². The zero-order valence-corrected chi connectivity index (χ0v) is 17.0. The molecule has 0 amide bonds. The molecular formula is C20H22BrN3O3. The molecule has 0 bridgehead atoms. The maximum atomic E-state index is 12.3. The molecule has 0 atom stereocenters. The number of carbonyl (C=O) groups is 1. The molecule has 2 aromatic carbocycles. The van der Waals surface area contributed by atoms with Crippen molar-refractivity contribution in [2.24, 2.45) is 0 Å². The number of nitrogens with one attached hydrogen (secondary N) is 1. The molecule has 0 unspecified atom stereocenters. The molecule has 0 saturated carbocycles. The molecule has 0 fully saturated rings. The molecule has 27 heavy (non-hydrogen) atoms. The Labute approximate surface area is 166 Å². The minimum atomic E-state index is -1.01. The van der Waals surface area contributed by atoms with Gasteiger partial charge >= 0.3 is 5.97 Å². The number of fused-ring (bicyclic) bond motifs is 1. The number of aromatic carboxylic acids is 1. The third-order valence-corrected chi connectivity index (χ3v) is 5.04. The highest BCUT2D eigenvalue weighted by Crippen LogP contribution is 2.40. The maximum Gasteiger partial charge on any atom is 0.338 e. The summed E-state index contributed by atoms with van der Waals surface area (Å²) >= 11 is 3.42. The summed E-state index contributed by atoms with van der Waals surface area (Å²) in [6.45, 7) is 0.796. The monoisotopic (exact) mass is 431 g/mol. The third kappa shape index (κ3) is 3.45. The van der Waals surface area contributed by atoms with E-state index in [-0.39, 0.29) is 11.3 Å². The Bertz CT molecular complexity index is 997. The van der Waals surface area contributed by atoms with Crippen LogP contribution in [0.25, 0.3) is 16.6 Å². The molecule has 3 N–H and O–H groups in total. The lowest BCUT2D eigenvalue weighted by molar-refractivity contribution is 0.0697. The van der Waals surface area contributed by atoms with Gasteiger partial charge in [-0.2, -0.15) is 0 Å². The average molecular weight is 432 g/mol. The van der Waals surface area contributed by atoms with Crippen LogP contribution in [0, 0.1) is 0 Å². The van der Waals surface area contributed by atoms with E-state index >= 15 is 0 Å². The Balaban J connectivity index is 2.53. The predicted molar refractivity (Wildman–Crippen MR) is 110 cm³/mol.